The summed E-state index contributed by atoms with van der Waals surface area (Å²) in [6.45, 7) is 4.51. The van der Waals surface area contributed by atoms with Crippen molar-refractivity contribution in [2.24, 2.45) is 5.92 Å². The molecule has 1 aliphatic rings. The van der Waals surface area contributed by atoms with Crippen LogP contribution in [-0.4, -0.2) is 23.8 Å². The van der Waals surface area contributed by atoms with E-state index in [-0.39, 0.29) is 11.8 Å². The third kappa shape index (κ3) is 3.93. The van der Waals surface area contributed by atoms with Gasteiger partial charge in [-0.05, 0) is 29.5 Å². The van der Waals surface area contributed by atoms with Gasteiger partial charge in [0.25, 0.3) is 0 Å². The normalized spacial score (nSPS) is 13.7. The number of carbonyl (C=O) groups is 2. The zero-order valence-corrected chi connectivity index (χ0v) is 15.6. The summed E-state index contributed by atoms with van der Waals surface area (Å²) in [5, 5.41) is 2.94. The zero-order chi connectivity index (χ0) is 18.7. The van der Waals surface area contributed by atoms with Gasteiger partial charge in [0.2, 0.25) is 11.8 Å². The Bertz CT molecular complexity index is 830. The van der Waals surface area contributed by atoms with Gasteiger partial charge in [0.15, 0.2) is 0 Å². The average Bonchev–Trinajstić information content (AvgIpc) is 2.62. The van der Waals surface area contributed by atoms with Crippen LogP contribution in [0.25, 0.3) is 11.1 Å². The summed E-state index contributed by atoms with van der Waals surface area (Å²) >= 11 is 0. The van der Waals surface area contributed by atoms with Gasteiger partial charge in [-0.3, -0.25) is 14.6 Å². The molecule has 5 nitrogen and oxygen atoms in total. The van der Waals surface area contributed by atoms with Crippen LogP contribution < -0.4 is 10.2 Å². The summed E-state index contributed by atoms with van der Waals surface area (Å²) in [7, 11) is 1.83. The molecule has 1 N–H and O–H groups in total. The van der Waals surface area contributed by atoms with E-state index in [1.54, 1.807) is 11.1 Å². The van der Waals surface area contributed by atoms with Crippen LogP contribution in [0.5, 0.6) is 0 Å². The molecule has 0 bridgehead atoms. The van der Waals surface area contributed by atoms with Crippen LogP contribution in [0.2, 0.25) is 0 Å². The number of nitrogens with zero attached hydrogens (tertiary/aromatic N) is 2. The number of amides is 2. The van der Waals surface area contributed by atoms with E-state index >= 15 is 0 Å². The Morgan fingerprint density at radius 1 is 1.27 bits per heavy atom. The Morgan fingerprint density at radius 2 is 2.08 bits per heavy atom. The highest BCUT2D eigenvalue weighted by Gasteiger charge is 2.24. The number of pyridine rings is 1. The molecule has 0 fully saturated rings. The molecule has 1 aromatic carbocycles. The summed E-state index contributed by atoms with van der Waals surface area (Å²) in [4.78, 5) is 30.1. The van der Waals surface area contributed by atoms with Gasteiger partial charge in [-0.25, -0.2) is 0 Å². The summed E-state index contributed by atoms with van der Waals surface area (Å²) < 4.78 is 0. The van der Waals surface area contributed by atoms with Gasteiger partial charge in [0.1, 0.15) is 0 Å². The van der Waals surface area contributed by atoms with Crippen molar-refractivity contribution in [1.29, 1.82) is 0 Å². The van der Waals surface area contributed by atoms with Gasteiger partial charge >= 0.3 is 0 Å². The first kappa shape index (κ1) is 18.1. The third-order valence-corrected chi connectivity index (χ3v) is 4.63. The Hall–Kier alpha value is -2.69. The Morgan fingerprint density at radius 3 is 2.85 bits per heavy atom. The fourth-order valence-electron chi connectivity index (χ4n) is 3.33. The maximum atomic E-state index is 12.1. The molecule has 2 aromatic rings. The van der Waals surface area contributed by atoms with E-state index in [9.17, 15) is 9.59 Å². The maximum absolute atomic E-state index is 12.1. The van der Waals surface area contributed by atoms with Gasteiger partial charge < -0.3 is 10.2 Å². The highest BCUT2D eigenvalue weighted by molar-refractivity contribution is 6.00. The van der Waals surface area contributed by atoms with E-state index in [0.29, 0.717) is 25.3 Å². The topological polar surface area (TPSA) is 62.3 Å². The lowest BCUT2D eigenvalue weighted by molar-refractivity contribution is -0.122. The molecule has 0 saturated heterocycles. The monoisotopic (exact) mass is 351 g/mol. The third-order valence-electron chi connectivity index (χ3n) is 4.63. The van der Waals surface area contributed by atoms with Crippen molar-refractivity contribution in [3.05, 3.63) is 47.8 Å². The van der Waals surface area contributed by atoms with Gasteiger partial charge in [-0.15, -0.1) is 0 Å². The lowest BCUT2D eigenvalue weighted by Gasteiger charge is -2.28. The molecule has 0 saturated carbocycles. The molecule has 0 atom stereocenters. The molecule has 136 valence electrons. The van der Waals surface area contributed by atoms with Crippen molar-refractivity contribution in [3.8, 4) is 11.1 Å². The van der Waals surface area contributed by atoms with E-state index < -0.39 is 0 Å². The van der Waals surface area contributed by atoms with E-state index in [4.69, 9.17) is 0 Å². The van der Waals surface area contributed by atoms with Crippen molar-refractivity contribution in [3.63, 3.8) is 0 Å². The summed E-state index contributed by atoms with van der Waals surface area (Å²) in [6.07, 6.45) is 5.41. The number of anilines is 1. The molecule has 3 rings (SSSR count). The highest BCUT2D eigenvalue weighted by Crippen LogP contribution is 2.36. The summed E-state index contributed by atoms with van der Waals surface area (Å²) in [5.74, 6) is 0.520. The molecule has 1 aromatic heterocycles. The molecule has 2 amide bonds. The molecule has 5 heteroatoms. The minimum absolute atomic E-state index is 0.0489. The van der Waals surface area contributed by atoms with Gasteiger partial charge in [-0.1, -0.05) is 32.0 Å². The Balaban J connectivity index is 1.85. The minimum atomic E-state index is 0.0489. The number of aromatic nitrogens is 1. The lowest BCUT2D eigenvalue weighted by atomic mass is 9.94. The average molecular weight is 351 g/mol. The predicted octanol–water partition coefficient (Wildman–Crippen LogP) is 3.32. The second-order valence-electron chi connectivity index (χ2n) is 7.22. The number of fused-ring (bicyclic) bond motifs is 1. The van der Waals surface area contributed by atoms with Gasteiger partial charge in [0.05, 0.1) is 5.69 Å². The van der Waals surface area contributed by atoms with Crippen LogP contribution in [0.15, 0.2) is 36.7 Å². The van der Waals surface area contributed by atoms with Crippen LogP contribution in [0.4, 0.5) is 5.69 Å². The largest absolute Gasteiger partial charge is 0.352 e. The molecule has 1 aliphatic heterocycles. The molecular formula is C21H25N3O2. The SMILES string of the molecule is CC(C)CC(=O)NCc1cncc(-c2cccc3c2N(C)C(=O)CC3)c1. The number of aryl methyl sites for hydroxylation is 1. The molecule has 2 heterocycles. The lowest BCUT2D eigenvalue weighted by Crippen LogP contribution is -2.31. The number of para-hydroxylation sites is 1. The molecule has 0 aliphatic carbocycles. The number of carbonyl (C=O) groups excluding carboxylic acids is 2. The number of hydrogen-bond acceptors (Lipinski definition) is 3. The molecule has 0 unspecified atom stereocenters. The molecule has 26 heavy (non-hydrogen) atoms. The smallest absolute Gasteiger partial charge is 0.227 e. The quantitative estimate of drug-likeness (QED) is 0.899. The van der Waals surface area contributed by atoms with E-state index in [0.717, 1.165) is 28.8 Å². The second kappa shape index (κ2) is 7.68. The number of nitrogens with one attached hydrogen (secondary N) is 1. The summed E-state index contributed by atoms with van der Waals surface area (Å²) in [6, 6.07) is 8.15. The van der Waals surface area contributed by atoms with Crippen LogP contribution in [0.1, 0.15) is 37.8 Å². The van der Waals surface area contributed by atoms with Crippen molar-refractivity contribution >= 4 is 17.5 Å². The highest BCUT2D eigenvalue weighted by atomic mass is 16.2. The first-order valence-corrected chi connectivity index (χ1v) is 9.05. The number of rotatable bonds is 5. The van der Waals surface area contributed by atoms with Crippen LogP contribution >= 0.6 is 0 Å². The minimum Gasteiger partial charge on any atom is -0.352 e. The zero-order valence-electron chi connectivity index (χ0n) is 15.6. The number of benzene rings is 1. The van der Waals surface area contributed by atoms with E-state index in [1.165, 1.54) is 5.56 Å². The van der Waals surface area contributed by atoms with Crippen LogP contribution in [-0.2, 0) is 22.6 Å². The van der Waals surface area contributed by atoms with E-state index in [2.05, 4.69) is 16.4 Å². The molecular weight excluding hydrogens is 326 g/mol. The second-order valence-corrected chi connectivity index (χ2v) is 7.22. The standard InChI is InChI=1S/C21H25N3O2/c1-14(2)9-19(25)23-12-15-10-17(13-22-11-15)18-6-4-5-16-7-8-20(26)24(3)21(16)18/h4-6,10-11,13-14H,7-9,12H2,1-3H3,(H,23,25). The fraction of sp³-hybridized carbons (Fsp3) is 0.381. The van der Waals surface area contributed by atoms with Crippen LogP contribution in [0, 0.1) is 5.92 Å². The van der Waals surface area contributed by atoms with Crippen molar-refractivity contribution in [2.45, 2.75) is 39.7 Å². The fourth-order valence-corrected chi connectivity index (χ4v) is 3.33. The van der Waals surface area contributed by atoms with Gasteiger partial charge in [0, 0.05) is 50.0 Å². The van der Waals surface area contributed by atoms with Crippen molar-refractivity contribution in [1.82, 2.24) is 10.3 Å². The first-order chi connectivity index (χ1) is 12.5. The molecule has 0 spiro atoms. The number of hydrogen-bond donors (Lipinski definition) is 1. The Labute approximate surface area is 154 Å². The van der Waals surface area contributed by atoms with Gasteiger partial charge in [-0.2, -0.15) is 0 Å². The Kier molecular flexibility index (Phi) is 5.35. The first-order valence-electron chi connectivity index (χ1n) is 9.05. The van der Waals surface area contributed by atoms with Crippen molar-refractivity contribution < 1.29 is 9.59 Å². The molecule has 0 radical (unpaired) electrons. The predicted molar refractivity (Wildman–Crippen MR) is 103 cm³/mol. The van der Waals surface area contributed by atoms with Crippen molar-refractivity contribution in [2.75, 3.05) is 11.9 Å². The maximum Gasteiger partial charge on any atom is 0.227 e. The summed E-state index contributed by atoms with van der Waals surface area (Å²) in [5.41, 5.74) is 5.05. The van der Waals surface area contributed by atoms with E-state index in [1.807, 2.05) is 45.3 Å². The van der Waals surface area contributed by atoms with Crippen LogP contribution in [0.3, 0.4) is 0 Å².